The van der Waals surface area contributed by atoms with E-state index in [0.29, 0.717) is 18.4 Å². The zero-order valence-corrected chi connectivity index (χ0v) is 16.5. The molecule has 1 saturated carbocycles. The van der Waals surface area contributed by atoms with Gasteiger partial charge in [0.1, 0.15) is 6.10 Å². The molecule has 2 aliphatic heterocycles. The number of carbonyl (C=O) groups excluding carboxylic acids is 1. The first kappa shape index (κ1) is 20.1. The molecule has 5 heteroatoms. The molecular formula is C21H37NO4. The molecule has 26 heavy (non-hydrogen) atoms. The summed E-state index contributed by atoms with van der Waals surface area (Å²) in [6.45, 7) is 6.55. The van der Waals surface area contributed by atoms with Gasteiger partial charge in [0.15, 0.2) is 0 Å². The van der Waals surface area contributed by atoms with E-state index < -0.39 is 0 Å². The summed E-state index contributed by atoms with van der Waals surface area (Å²) in [5.74, 6) is 0.260. The molecule has 4 unspecified atom stereocenters. The average molecular weight is 368 g/mol. The minimum atomic E-state index is -0.0392. The molecule has 0 aromatic heterocycles. The number of morpholine rings is 1. The van der Waals surface area contributed by atoms with Crippen LogP contribution in [0.3, 0.4) is 0 Å². The molecule has 2 bridgehead atoms. The Kier molecular flexibility index (Phi) is 8.21. The largest absolute Gasteiger partial charge is 0.461 e. The fourth-order valence-corrected chi connectivity index (χ4v) is 4.86. The van der Waals surface area contributed by atoms with Gasteiger partial charge < -0.3 is 14.2 Å². The molecule has 2 saturated heterocycles. The number of hydrogen-bond donors (Lipinski definition) is 0. The van der Waals surface area contributed by atoms with Gasteiger partial charge in [-0.25, -0.2) is 0 Å². The van der Waals surface area contributed by atoms with Crippen molar-refractivity contribution in [3.05, 3.63) is 0 Å². The zero-order chi connectivity index (χ0) is 18.2. The number of carbonyl (C=O) groups is 1. The van der Waals surface area contributed by atoms with Crippen LogP contribution in [0.2, 0.25) is 0 Å². The summed E-state index contributed by atoms with van der Waals surface area (Å²) in [6, 6.07) is 0.333. The number of hydrogen-bond acceptors (Lipinski definition) is 5. The second-order valence-electron chi connectivity index (χ2n) is 8.16. The van der Waals surface area contributed by atoms with Gasteiger partial charge in [0.2, 0.25) is 0 Å². The Labute approximate surface area is 158 Å². The van der Waals surface area contributed by atoms with Gasteiger partial charge >= 0.3 is 5.97 Å². The number of rotatable bonds is 11. The lowest BCUT2D eigenvalue weighted by atomic mass is 9.93. The zero-order valence-electron chi connectivity index (χ0n) is 16.5. The third-order valence-corrected chi connectivity index (χ3v) is 6.24. The van der Waals surface area contributed by atoms with E-state index in [1.807, 2.05) is 0 Å². The Balaban J connectivity index is 1.36. The van der Waals surface area contributed by atoms with Gasteiger partial charge in [0.05, 0.1) is 31.8 Å². The smallest absolute Gasteiger partial charge is 0.306 e. The maximum atomic E-state index is 11.9. The summed E-state index contributed by atoms with van der Waals surface area (Å²) in [4.78, 5) is 14.4. The van der Waals surface area contributed by atoms with E-state index in [-0.39, 0.29) is 18.2 Å². The van der Waals surface area contributed by atoms with Crippen LogP contribution in [0.1, 0.15) is 71.1 Å². The SMILES string of the molecule is CCCCCCCCCCOC1CC2OC(=O)CC1C2N1CCOCC1. The normalized spacial score (nSPS) is 32.0. The molecule has 3 rings (SSSR count). The summed E-state index contributed by atoms with van der Waals surface area (Å²) in [6.07, 6.45) is 12.1. The summed E-state index contributed by atoms with van der Waals surface area (Å²) in [5, 5.41) is 0. The second kappa shape index (κ2) is 10.6. The second-order valence-corrected chi connectivity index (χ2v) is 8.16. The van der Waals surface area contributed by atoms with Crippen LogP contribution in [0.15, 0.2) is 0 Å². The van der Waals surface area contributed by atoms with Crippen molar-refractivity contribution >= 4 is 5.97 Å². The molecule has 0 aromatic carbocycles. The fraction of sp³-hybridized carbons (Fsp3) is 0.952. The lowest BCUT2D eigenvalue weighted by Crippen LogP contribution is -2.53. The molecule has 5 nitrogen and oxygen atoms in total. The maximum absolute atomic E-state index is 11.9. The van der Waals surface area contributed by atoms with Gasteiger partial charge in [-0.2, -0.15) is 0 Å². The van der Waals surface area contributed by atoms with Crippen molar-refractivity contribution in [2.45, 2.75) is 89.4 Å². The predicted octanol–water partition coefficient (Wildman–Crippen LogP) is 3.55. The topological polar surface area (TPSA) is 48.0 Å². The quantitative estimate of drug-likeness (QED) is 0.413. The molecule has 0 amide bonds. The van der Waals surface area contributed by atoms with Crippen molar-refractivity contribution in [1.82, 2.24) is 4.90 Å². The molecular weight excluding hydrogens is 330 g/mol. The molecule has 4 atom stereocenters. The highest BCUT2D eigenvalue weighted by molar-refractivity contribution is 5.71. The van der Waals surface area contributed by atoms with Crippen LogP contribution in [-0.4, -0.2) is 62.0 Å². The minimum absolute atomic E-state index is 0.0166. The number of esters is 1. The highest BCUT2D eigenvalue weighted by Gasteiger charge is 2.52. The molecule has 0 radical (unpaired) electrons. The third kappa shape index (κ3) is 5.43. The van der Waals surface area contributed by atoms with E-state index in [2.05, 4.69) is 11.8 Å². The van der Waals surface area contributed by atoms with Crippen LogP contribution >= 0.6 is 0 Å². The Morgan fingerprint density at radius 2 is 1.73 bits per heavy atom. The Hall–Kier alpha value is -0.650. The first-order valence-electron chi connectivity index (χ1n) is 10.9. The standard InChI is InChI=1S/C21H37NO4/c1-2-3-4-5-6-7-8-9-12-25-18-16-19-21(17(18)15-20(23)26-19)22-10-13-24-14-11-22/h17-19,21H,2-16H2,1H3. The van der Waals surface area contributed by atoms with Crippen molar-refractivity contribution in [2.75, 3.05) is 32.9 Å². The molecule has 0 spiro atoms. The number of unbranched alkanes of at least 4 members (excludes halogenated alkanes) is 7. The summed E-state index contributed by atoms with van der Waals surface area (Å²) in [5.41, 5.74) is 0. The van der Waals surface area contributed by atoms with E-state index in [0.717, 1.165) is 45.8 Å². The van der Waals surface area contributed by atoms with E-state index >= 15 is 0 Å². The maximum Gasteiger partial charge on any atom is 0.306 e. The molecule has 0 N–H and O–H groups in total. The highest BCUT2D eigenvalue weighted by Crippen LogP contribution is 2.41. The van der Waals surface area contributed by atoms with Crippen molar-refractivity contribution in [1.29, 1.82) is 0 Å². The Morgan fingerprint density at radius 1 is 1.04 bits per heavy atom. The molecule has 150 valence electrons. The van der Waals surface area contributed by atoms with Crippen LogP contribution in [-0.2, 0) is 19.0 Å². The third-order valence-electron chi connectivity index (χ3n) is 6.24. The van der Waals surface area contributed by atoms with Gasteiger partial charge in [-0.3, -0.25) is 9.69 Å². The van der Waals surface area contributed by atoms with E-state index in [1.54, 1.807) is 0 Å². The van der Waals surface area contributed by atoms with Gasteiger partial charge in [-0.05, 0) is 6.42 Å². The number of fused-ring (bicyclic) bond motifs is 2. The molecule has 0 aromatic rings. The van der Waals surface area contributed by atoms with Crippen molar-refractivity contribution in [2.24, 2.45) is 5.92 Å². The molecule has 2 heterocycles. The number of nitrogens with zero attached hydrogens (tertiary/aromatic N) is 1. The van der Waals surface area contributed by atoms with Gasteiger partial charge in [0, 0.05) is 32.0 Å². The molecule has 3 fully saturated rings. The predicted molar refractivity (Wildman–Crippen MR) is 101 cm³/mol. The van der Waals surface area contributed by atoms with E-state index in [4.69, 9.17) is 14.2 Å². The van der Waals surface area contributed by atoms with Crippen LogP contribution in [0.25, 0.3) is 0 Å². The van der Waals surface area contributed by atoms with Crippen molar-refractivity contribution in [3.8, 4) is 0 Å². The first-order chi connectivity index (χ1) is 12.8. The lowest BCUT2D eigenvalue weighted by molar-refractivity contribution is -0.161. The Bertz CT molecular complexity index is 424. The van der Waals surface area contributed by atoms with Crippen molar-refractivity contribution < 1.29 is 19.0 Å². The average Bonchev–Trinajstić information content (AvgIpc) is 2.88. The first-order valence-corrected chi connectivity index (χ1v) is 10.9. The van der Waals surface area contributed by atoms with Crippen molar-refractivity contribution in [3.63, 3.8) is 0 Å². The van der Waals surface area contributed by atoms with Gasteiger partial charge in [-0.15, -0.1) is 0 Å². The highest BCUT2D eigenvalue weighted by atomic mass is 16.6. The number of ether oxygens (including phenoxy) is 3. The van der Waals surface area contributed by atoms with E-state index in [9.17, 15) is 4.79 Å². The van der Waals surface area contributed by atoms with Crippen LogP contribution in [0, 0.1) is 5.92 Å². The lowest BCUT2D eigenvalue weighted by Gasteiger charge is -2.40. The van der Waals surface area contributed by atoms with Gasteiger partial charge in [0.25, 0.3) is 0 Å². The molecule has 1 aliphatic carbocycles. The van der Waals surface area contributed by atoms with E-state index in [1.165, 1.54) is 44.9 Å². The summed E-state index contributed by atoms with van der Waals surface area (Å²) < 4.78 is 17.4. The van der Waals surface area contributed by atoms with Gasteiger partial charge in [-0.1, -0.05) is 51.9 Å². The van der Waals surface area contributed by atoms with Crippen LogP contribution in [0.4, 0.5) is 0 Å². The Morgan fingerprint density at radius 3 is 2.46 bits per heavy atom. The minimum Gasteiger partial charge on any atom is -0.461 e. The van der Waals surface area contributed by atoms with Crippen LogP contribution in [0.5, 0.6) is 0 Å². The monoisotopic (exact) mass is 367 g/mol. The fourth-order valence-electron chi connectivity index (χ4n) is 4.86. The molecule has 3 aliphatic rings. The summed E-state index contributed by atoms with van der Waals surface area (Å²) >= 11 is 0. The van der Waals surface area contributed by atoms with Crippen LogP contribution < -0.4 is 0 Å². The summed E-state index contributed by atoms with van der Waals surface area (Å²) in [7, 11) is 0.